The number of amides is 2. The quantitative estimate of drug-likeness (QED) is 0.337. The van der Waals surface area contributed by atoms with Gasteiger partial charge in [-0.05, 0) is 70.9 Å². The molecule has 0 atom stereocenters. The Morgan fingerprint density at radius 2 is 1.84 bits per heavy atom. The fourth-order valence-electron chi connectivity index (χ4n) is 5.52. The second kappa shape index (κ2) is 14.2. The van der Waals surface area contributed by atoms with E-state index in [9.17, 15) is 9.59 Å². The molecule has 236 valence electrons. The van der Waals surface area contributed by atoms with E-state index in [4.69, 9.17) is 14.7 Å². The fraction of sp³-hybridized carbons (Fsp3) is 0.531. The van der Waals surface area contributed by atoms with Crippen LogP contribution in [0.3, 0.4) is 0 Å². The van der Waals surface area contributed by atoms with Crippen molar-refractivity contribution in [3.05, 3.63) is 53.7 Å². The molecule has 0 saturated carbocycles. The van der Waals surface area contributed by atoms with Crippen LogP contribution in [0.5, 0.6) is 6.01 Å². The Bertz CT molecular complexity index is 1470. The third-order valence-corrected chi connectivity index (χ3v) is 8.19. The lowest BCUT2D eigenvalue weighted by molar-refractivity contribution is -0.127. The molecule has 2 aromatic heterocycles. The average molecular weight is 604 g/mol. The summed E-state index contributed by atoms with van der Waals surface area (Å²) < 4.78 is 7.96. The van der Waals surface area contributed by atoms with E-state index < -0.39 is 0 Å². The van der Waals surface area contributed by atoms with Crippen LogP contribution in [0.1, 0.15) is 61.4 Å². The molecule has 4 heterocycles. The summed E-state index contributed by atoms with van der Waals surface area (Å²) in [5.41, 5.74) is 2.95. The van der Waals surface area contributed by atoms with Crippen molar-refractivity contribution in [1.82, 2.24) is 39.6 Å². The second-order valence-electron chi connectivity index (χ2n) is 12.4. The first kappa shape index (κ1) is 31.4. The normalized spacial score (nSPS) is 17.2. The van der Waals surface area contributed by atoms with E-state index in [1.807, 2.05) is 54.4 Å². The summed E-state index contributed by atoms with van der Waals surface area (Å²) in [4.78, 5) is 41.3. The lowest BCUT2D eigenvalue weighted by Gasteiger charge is -2.31. The molecule has 1 aromatic carbocycles. The molecule has 0 bridgehead atoms. The number of carbonyl (C=O) groups excluding carboxylic acids is 2. The van der Waals surface area contributed by atoms with Gasteiger partial charge in [0.05, 0.1) is 6.20 Å². The van der Waals surface area contributed by atoms with E-state index in [0.29, 0.717) is 54.8 Å². The van der Waals surface area contributed by atoms with Crippen LogP contribution in [0.2, 0.25) is 0 Å². The zero-order chi connectivity index (χ0) is 31.2. The number of hydrogen-bond acceptors (Lipinski definition) is 9. The molecule has 12 heteroatoms. The summed E-state index contributed by atoms with van der Waals surface area (Å²) in [6, 6.07) is 7.67. The van der Waals surface area contributed by atoms with E-state index in [-0.39, 0.29) is 29.9 Å². The maximum absolute atomic E-state index is 13.2. The predicted molar refractivity (Wildman–Crippen MR) is 171 cm³/mol. The average Bonchev–Trinajstić information content (AvgIpc) is 3.43. The van der Waals surface area contributed by atoms with Crippen LogP contribution in [0, 0.1) is 0 Å². The van der Waals surface area contributed by atoms with Gasteiger partial charge in [0.2, 0.25) is 11.9 Å². The van der Waals surface area contributed by atoms with Gasteiger partial charge in [0, 0.05) is 61.7 Å². The largest absolute Gasteiger partial charge is 0.460 e. The molecular formula is C32H45N9O3. The van der Waals surface area contributed by atoms with Crippen LogP contribution in [-0.2, 0) is 4.79 Å². The Kier molecular flexibility index (Phi) is 10.1. The highest BCUT2D eigenvalue weighted by Crippen LogP contribution is 2.26. The van der Waals surface area contributed by atoms with Gasteiger partial charge in [0.25, 0.3) is 5.91 Å². The van der Waals surface area contributed by atoms with Gasteiger partial charge in [0.15, 0.2) is 5.65 Å². The number of piperidine rings is 2. The van der Waals surface area contributed by atoms with Gasteiger partial charge in [-0.25, -0.2) is 0 Å². The monoisotopic (exact) mass is 603 g/mol. The Morgan fingerprint density at radius 1 is 1.09 bits per heavy atom. The van der Waals surface area contributed by atoms with Crippen molar-refractivity contribution in [3.8, 4) is 6.01 Å². The van der Waals surface area contributed by atoms with Crippen LogP contribution >= 0.6 is 0 Å². The second-order valence-corrected chi connectivity index (χ2v) is 12.4. The number of carbonyl (C=O) groups is 2. The molecular weight excluding hydrogens is 558 g/mol. The van der Waals surface area contributed by atoms with Gasteiger partial charge in [0.1, 0.15) is 6.10 Å². The molecule has 44 heavy (non-hydrogen) atoms. The molecule has 2 amide bonds. The number of hydrogen-bond donors (Lipinski definition) is 2. The van der Waals surface area contributed by atoms with E-state index in [1.54, 1.807) is 16.7 Å². The minimum absolute atomic E-state index is 0.00761. The molecule has 12 nitrogen and oxygen atoms in total. The molecule has 2 saturated heterocycles. The van der Waals surface area contributed by atoms with Crippen molar-refractivity contribution in [2.45, 2.75) is 57.6 Å². The van der Waals surface area contributed by atoms with Crippen molar-refractivity contribution in [1.29, 1.82) is 0 Å². The lowest BCUT2D eigenvalue weighted by Crippen LogP contribution is -2.46. The first-order valence-electron chi connectivity index (χ1n) is 15.5. The SMILES string of the molecule is CC(C)c1cnn2c(Nc3cccc(C(=O)NC4CCN(C(=O)C=CCN(C)C)CC4)c3)nc(OC3CCN(C)CC3)nc12. The lowest BCUT2D eigenvalue weighted by atomic mass is 10.0. The van der Waals surface area contributed by atoms with Crippen molar-refractivity contribution < 1.29 is 14.3 Å². The maximum Gasteiger partial charge on any atom is 0.322 e. The number of fused-ring (bicyclic) bond motifs is 1. The molecule has 0 aliphatic carbocycles. The number of ether oxygens (including phenoxy) is 1. The summed E-state index contributed by atoms with van der Waals surface area (Å²) >= 11 is 0. The highest BCUT2D eigenvalue weighted by Gasteiger charge is 2.24. The number of benzene rings is 1. The Hall–Kier alpha value is -4.03. The molecule has 2 fully saturated rings. The minimum Gasteiger partial charge on any atom is -0.460 e. The Balaban J connectivity index is 1.25. The number of likely N-dealkylation sites (tertiary alicyclic amines) is 2. The summed E-state index contributed by atoms with van der Waals surface area (Å²) in [6.45, 7) is 8.12. The number of aromatic nitrogens is 4. The highest BCUT2D eigenvalue weighted by molar-refractivity contribution is 5.95. The molecule has 0 radical (unpaired) electrons. The van der Waals surface area contributed by atoms with E-state index in [1.165, 1.54) is 0 Å². The third kappa shape index (κ3) is 7.92. The number of nitrogens with zero attached hydrogens (tertiary/aromatic N) is 7. The first-order chi connectivity index (χ1) is 21.2. The van der Waals surface area contributed by atoms with Crippen LogP contribution in [0.4, 0.5) is 11.6 Å². The standard InChI is InChI=1S/C32H45N9O3/c1-22(2)27-21-33-41-29(27)36-32(44-26-13-16-39(5)17-14-26)37-31(41)35-25-9-6-8-23(20-25)30(43)34-24-11-18-40(19-12-24)28(42)10-7-15-38(3)4/h6-10,20-22,24,26H,11-19H2,1-5H3,(H,34,43)(H,35,36,37). The molecule has 2 N–H and O–H groups in total. The highest BCUT2D eigenvalue weighted by atomic mass is 16.5. The van der Waals surface area contributed by atoms with Gasteiger partial charge in [-0.1, -0.05) is 26.0 Å². The zero-order valence-corrected chi connectivity index (χ0v) is 26.5. The molecule has 2 aliphatic heterocycles. The van der Waals surface area contributed by atoms with Crippen LogP contribution in [-0.4, -0.2) is 112 Å². The molecule has 0 spiro atoms. The number of likely N-dealkylation sites (N-methyl/N-ethyl adjacent to an activating group) is 1. The molecule has 0 unspecified atom stereocenters. The third-order valence-electron chi connectivity index (χ3n) is 8.19. The van der Waals surface area contributed by atoms with Crippen molar-refractivity contribution in [2.75, 3.05) is 59.2 Å². The van der Waals surface area contributed by atoms with Crippen LogP contribution < -0.4 is 15.4 Å². The van der Waals surface area contributed by atoms with E-state index in [0.717, 1.165) is 38.0 Å². The molecule has 3 aromatic rings. The van der Waals surface area contributed by atoms with Crippen molar-refractivity contribution in [3.63, 3.8) is 0 Å². The Labute approximate surface area is 259 Å². The number of nitrogens with one attached hydrogen (secondary N) is 2. The fourth-order valence-corrected chi connectivity index (χ4v) is 5.52. The van der Waals surface area contributed by atoms with Gasteiger partial charge in [-0.15, -0.1) is 0 Å². The van der Waals surface area contributed by atoms with Gasteiger partial charge in [-0.2, -0.15) is 19.6 Å². The molecule has 5 rings (SSSR count). The van der Waals surface area contributed by atoms with E-state index >= 15 is 0 Å². The van der Waals surface area contributed by atoms with Crippen molar-refractivity contribution in [2.24, 2.45) is 0 Å². The molecule has 2 aliphatic rings. The zero-order valence-electron chi connectivity index (χ0n) is 26.5. The van der Waals surface area contributed by atoms with Crippen LogP contribution in [0.25, 0.3) is 5.65 Å². The predicted octanol–water partition coefficient (Wildman–Crippen LogP) is 3.30. The van der Waals surface area contributed by atoms with Gasteiger partial charge in [-0.3, -0.25) is 9.59 Å². The van der Waals surface area contributed by atoms with Crippen molar-refractivity contribution >= 4 is 29.1 Å². The smallest absolute Gasteiger partial charge is 0.322 e. The topological polar surface area (TPSA) is 120 Å². The minimum atomic E-state index is -0.149. The first-order valence-corrected chi connectivity index (χ1v) is 15.5. The van der Waals surface area contributed by atoms with Gasteiger partial charge < -0.3 is 30.1 Å². The number of anilines is 2. The Morgan fingerprint density at radius 3 is 2.55 bits per heavy atom. The van der Waals surface area contributed by atoms with Crippen LogP contribution in [0.15, 0.2) is 42.6 Å². The van der Waals surface area contributed by atoms with Gasteiger partial charge >= 0.3 is 6.01 Å². The summed E-state index contributed by atoms with van der Waals surface area (Å²) in [7, 11) is 6.05. The number of rotatable bonds is 10. The summed E-state index contributed by atoms with van der Waals surface area (Å²) in [5.74, 6) is 0.568. The summed E-state index contributed by atoms with van der Waals surface area (Å²) in [5, 5.41) is 11.1. The van der Waals surface area contributed by atoms with E-state index in [2.05, 4.69) is 41.5 Å². The summed E-state index contributed by atoms with van der Waals surface area (Å²) in [6.07, 6.45) is 8.67. The maximum atomic E-state index is 13.2.